The van der Waals surface area contributed by atoms with E-state index < -0.39 is 0 Å². The first kappa shape index (κ1) is 14.6. The fourth-order valence-electron chi connectivity index (χ4n) is 2.97. The minimum absolute atomic E-state index is 0.160. The van der Waals surface area contributed by atoms with Gasteiger partial charge in [0.15, 0.2) is 0 Å². The summed E-state index contributed by atoms with van der Waals surface area (Å²) in [6.45, 7) is 9.98. The van der Waals surface area contributed by atoms with E-state index in [1.54, 1.807) is 0 Å². The number of aliphatic hydroxyl groups is 1. The van der Waals surface area contributed by atoms with Crippen LogP contribution in [-0.4, -0.2) is 35.0 Å². The van der Waals surface area contributed by atoms with Crippen LogP contribution in [0.3, 0.4) is 0 Å². The average Bonchev–Trinajstić information content (AvgIpc) is 2.72. The Kier molecular flexibility index (Phi) is 4.66. The second-order valence-electron chi connectivity index (χ2n) is 5.54. The van der Waals surface area contributed by atoms with Crippen molar-refractivity contribution in [1.82, 2.24) is 9.88 Å². The van der Waals surface area contributed by atoms with Gasteiger partial charge in [0, 0.05) is 43.2 Å². The molecular weight excluding hydrogens is 240 g/mol. The van der Waals surface area contributed by atoms with Gasteiger partial charge in [0.2, 0.25) is 0 Å². The van der Waals surface area contributed by atoms with Crippen molar-refractivity contribution in [2.24, 2.45) is 0 Å². The van der Waals surface area contributed by atoms with E-state index in [2.05, 4.69) is 36.7 Å². The molecule has 0 bridgehead atoms. The van der Waals surface area contributed by atoms with Gasteiger partial charge in [-0.3, -0.25) is 0 Å². The molecule has 2 rings (SSSR count). The molecule has 1 aliphatic rings. The zero-order chi connectivity index (χ0) is 13.9. The highest BCUT2D eigenvalue weighted by molar-refractivity contribution is 5.26. The zero-order valence-corrected chi connectivity index (χ0v) is 12.3. The Morgan fingerprint density at radius 2 is 2.05 bits per heavy atom. The third-order valence-electron chi connectivity index (χ3n) is 4.40. The summed E-state index contributed by atoms with van der Waals surface area (Å²) >= 11 is 0. The molecule has 0 saturated carbocycles. The summed E-state index contributed by atoms with van der Waals surface area (Å²) in [5, 5.41) is 13.2. The maximum absolute atomic E-state index is 9.67. The number of hydrogen-bond acceptors (Lipinski definition) is 3. The first-order chi connectivity index (χ1) is 9.12. The van der Waals surface area contributed by atoms with E-state index in [1.165, 1.54) is 17.0 Å². The summed E-state index contributed by atoms with van der Waals surface area (Å²) < 4.78 is 7.71. The lowest BCUT2D eigenvalue weighted by Gasteiger charge is -2.36. The predicted octanol–water partition coefficient (Wildman–Crippen LogP) is 1.76. The van der Waals surface area contributed by atoms with Crippen LogP contribution < -0.4 is 5.32 Å². The van der Waals surface area contributed by atoms with E-state index in [0.29, 0.717) is 0 Å². The minimum atomic E-state index is -0.160. The molecule has 108 valence electrons. The van der Waals surface area contributed by atoms with E-state index in [-0.39, 0.29) is 12.1 Å². The lowest BCUT2D eigenvalue weighted by Crippen LogP contribution is -2.51. The second-order valence-corrected chi connectivity index (χ2v) is 5.54. The van der Waals surface area contributed by atoms with Crippen LogP contribution >= 0.6 is 0 Å². The molecule has 0 atom stereocenters. The van der Waals surface area contributed by atoms with Crippen LogP contribution in [0.1, 0.15) is 36.7 Å². The highest BCUT2D eigenvalue weighted by Crippen LogP contribution is 2.22. The molecule has 0 spiro atoms. The summed E-state index contributed by atoms with van der Waals surface area (Å²) in [6, 6.07) is 2.25. The number of hydrogen-bond donors (Lipinski definition) is 2. The van der Waals surface area contributed by atoms with Gasteiger partial charge in [-0.05, 0) is 45.2 Å². The molecule has 1 saturated heterocycles. The molecule has 2 heterocycles. The fraction of sp³-hybridized carbons (Fsp3) is 0.733. The van der Waals surface area contributed by atoms with Crippen molar-refractivity contribution in [1.29, 1.82) is 0 Å². The number of aryl methyl sites for hydroxylation is 1. The molecular formula is C15H26N2O2. The Balaban J connectivity index is 2.05. The molecule has 0 radical (unpaired) electrons. The molecule has 4 nitrogen and oxygen atoms in total. The maximum atomic E-state index is 9.67. The normalized spacial score (nSPS) is 18.7. The van der Waals surface area contributed by atoms with E-state index in [4.69, 9.17) is 4.74 Å². The van der Waals surface area contributed by atoms with Crippen LogP contribution in [0.2, 0.25) is 0 Å². The van der Waals surface area contributed by atoms with E-state index in [0.717, 1.165) is 39.1 Å². The number of ether oxygens (including phenoxy) is 1. The number of rotatable bonds is 5. The summed E-state index contributed by atoms with van der Waals surface area (Å²) in [5.41, 5.74) is 3.81. The quantitative estimate of drug-likeness (QED) is 0.853. The smallest absolute Gasteiger partial charge is 0.0615 e. The van der Waals surface area contributed by atoms with Crippen LogP contribution in [0, 0.1) is 13.8 Å². The largest absolute Gasteiger partial charge is 0.394 e. The van der Waals surface area contributed by atoms with Gasteiger partial charge < -0.3 is 19.7 Å². The van der Waals surface area contributed by atoms with E-state index >= 15 is 0 Å². The number of aliphatic hydroxyl groups excluding tert-OH is 1. The highest BCUT2D eigenvalue weighted by atomic mass is 16.5. The van der Waals surface area contributed by atoms with Gasteiger partial charge >= 0.3 is 0 Å². The van der Waals surface area contributed by atoms with Crippen molar-refractivity contribution in [3.05, 3.63) is 23.0 Å². The molecule has 4 heteroatoms. The van der Waals surface area contributed by atoms with Crippen LogP contribution in [0.15, 0.2) is 6.07 Å². The number of nitrogens with one attached hydrogen (secondary N) is 1. The molecule has 1 fully saturated rings. The Bertz CT molecular complexity index is 420. The van der Waals surface area contributed by atoms with Gasteiger partial charge in [-0.1, -0.05) is 0 Å². The van der Waals surface area contributed by atoms with Crippen LogP contribution in [0.4, 0.5) is 0 Å². The molecule has 1 aromatic heterocycles. The Morgan fingerprint density at radius 3 is 2.58 bits per heavy atom. The average molecular weight is 266 g/mol. The van der Waals surface area contributed by atoms with Crippen molar-refractivity contribution in [2.45, 2.75) is 52.2 Å². The Hall–Kier alpha value is -0.840. The van der Waals surface area contributed by atoms with Crippen molar-refractivity contribution in [3.63, 3.8) is 0 Å². The van der Waals surface area contributed by atoms with Gasteiger partial charge in [0.25, 0.3) is 0 Å². The van der Waals surface area contributed by atoms with Crippen molar-refractivity contribution < 1.29 is 9.84 Å². The maximum Gasteiger partial charge on any atom is 0.0615 e. The number of aromatic nitrogens is 1. The topological polar surface area (TPSA) is 46.4 Å². The third kappa shape index (κ3) is 3.02. The van der Waals surface area contributed by atoms with Gasteiger partial charge in [0.05, 0.1) is 6.61 Å². The third-order valence-corrected chi connectivity index (χ3v) is 4.40. The van der Waals surface area contributed by atoms with Gasteiger partial charge in [-0.15, -0.1) is 0 Å². The second kappa shape index (κ2) is 6.07. The molecule has 19 heavy (non-hydrogen) atoms. The monoisotopic (exact) mass is 266 g/mol. The van der Waals surface area contributed by atoms with Gasteiger partial charge in [-0.25, -0.2) is 0 Å². The van der Waals surface area contributed by atoms with Crippen LogP contribution in [-0.2, 0) is 17.8 Å². The SMILES string of the molecule is CCn1c(C)cc(CNC2(CO)CCOCC2)c1C. The predicted molar refractivity (Wildman–Crippen MR) is 76.3 cm³/mol. The van der Waals surface area contributed by atoms with E-state index in [1.807, 2.05) is 0 Å². The fourth-order valence-corrected chi connectivity index (χ4v) is 2.97. The molecule has 2 N–H and O–H groups in total. The first-order valence-corrected chi connectivity index (χ1v) is 7.21. The molecule has 0 amide bonds. The van der Waals surface area contributed by atoms with Crippen LogP contribution in [0.5, 0.6) is 0 Å². The highest BCUT2D eigenvalue weighted by Gasteiger charge is 2.31. The van der Waals surface area contributed by atoms with Crippen molar-refractivity contribution in [2.75, 3.05) is 19.8 Å². The standard InChI is InChI=1S/C15H26N2O2/c1-4-17-12(2)9-14(13(17)3)10-16-15(11-18)5-7-19-8-6-15/h9,16,18H,4-8,10-11H2,1-3H3. The van der Waals surface area contributed by atoms with Crippen LogP contribution in [0.25, 0.3) is 0 Å². The Labute approximate surface area is 115 Å². The lowest BCUT2D eigenvalue weighted by molar-refractivity contribution is 0.0111. The summed E-state index contributed by atoms with van der Waals surface area (Å²) in [6.07, 6.45) is 1.77. The van der Waals surface area contributed by atoms with Crippen molar-refractivity contribution >= 4 is 0 Å². The summed E-state index contributed by atoms with van der Waals surface area (Å²) in [5.74, 6) is 0. The number of nitrogens with zero attached hydrogens (tertiary/aromatic N) is 1. The zero-order valence-electron chi connectivity index (χ0n) is 12.3. The molecule has 0 aliphatic carbocycles. The van der Waals surface area contributed by atoms with Gasteiger partial charge in [-0.2, -0.15) is 0 Å². The first-order valence-electron chi connectivity index (χ1n) is 7.21. The molecule has 1 aromatic rings. The molecule has 1 aliphatic heterocycles. The van der Waals surface area contributed by atoms with Gasteiger partial charge in [0.1, 0.15) is 0 Å². The van der Waals surface area contributed by atoms with E-state index in [9.17, 15) is 5.11 Å². The minimum Gasteiger partial charge on any atom is -0.394 e. The molecule has 0 aromatic carbocycles. The molecule has 0 unspecified atom stereocenters. The Morgan fingerprint density at radius 1 is 1.37 bits per heavy atom. The summed E-state index contributed by atoms with van der Waals surface area (Å²) in [4.78, 5) is 0. The summed E-state index contributed by atoms with van der Waals surface area (Å²) in [7, 11) is 0. The lowest BCUT2D eigenvalue weighted by atomic mass is 9.90. The van der Waals surface area contributed by atoms with Crippen molar-refractivity contribution in [3.8, 4) is 0 Å².